The van der Waals surface area contributed by atoms with Crippen LogP contribution in [0.15, 0.2) is 68.2 Å². The Bertz CT molecular complexity index is 1440. The first-order valence-corrected chi connectivity index (χ1v) is 13.9. The van der Waals surface area contributed by atoms with Crippen molar-refractivity contribution < 1.29 is 34.8 Å². The van der Waals surface area contributed by atoms with E-state index in [1.54, 1.807) is 24.3 Å². The van der Waals surface area contributed by atoms with Crippen LogP contribution in [-0.4, -0.2) is 40.7 Å². The van der Waals surface area contributed by atoms with Crippen molar-refractivity contribution in [2.75, 3.05) is 22.7 Å². The smallest absolute Gasteiger partial charge is 0.371 e. The Morgan fingerprint density at radius 3 is 2.09 bits per heavy atom. The molecule has 1 N–H and O–H groups in total. The van der Waals surface area contributed by atoms with E-state index in [1.165, 1.54) is 0 Å². The SMILES string of the molecule is O=C1CCN(c2ccc(NS(=O)(=O)c3ccc(S(=O)(=O)c4ccc(C(F)(F)F)cn4)s3)cc2)CC1. The number of hydrogen-bond acceptors (Lipinski definition) is 8. The van der Waals surface area contributed by atoms with Gasteiger partial charge in [0.05, 0.1) is 5.56 Å². The molecule has 1 fully saturated rings. The monoisotopic (exact) mass is 545 g/mol. The van der Waals surface area contributed by atoms with E-state index in [1.807, 2.05) is 4.90 Å². The summed E-state index contributed by atoms with van der Waals surface area (Å²) in [5.41, 5.74) is -0.00654. The third-order valence-electron chi connectivity index (χ3n) is 5.23. The van der Waals surface area contributed by atoms with Crippen molar-refractivity contribution in [1.82, 2.24) is 4.98 Å². The van der Waals surface area contributed by atoms with Gasteiger partial charge in [-0.15, -0.1) is 11.3 Å². The Balaban J connectivity index is 1.50. The molecule has 0 spiro atoms. The summed E-state index contributed by atoms with van der Waals surface area (Å²) in [7, 11) is -8.45. The third-order valence-corrected chi connectivity index (χ3v) is 10.4. The molecule has 0 aliphatic carbocycles. The highest BCUT2D eigenvalue weighted by Crippen LogP contribution is 2.33. The van der Waals surface area contributed by atoms with Crippen LogP contribution in [0.5, 0.6) is 0 Å². The Labute approximate surface area is 203 Å². The van der Waals surface area contributed by atoms with Gasteiger partial charge in [-0.2, -0.15) is 13.2 Å². The number of nitrogens with zero attached hydrogens (tertiary/aromatic N) is 2. The molecule has 3 heterocycles. The first kappa shape index (κ1) is 25.1. The number of alkyl halides is 3. The standard InChI is InChI=1S/C21H18F3N3O5S3/c22-21(23,24)14-1-6-18(25-13-14)34(29,30)19-7-8-20(33-19)35(31,32)26-15-2-4-16(5-3-15)27-11-9-17(28)10-12-27/h1-8,13,26H,9-12H2. The number of benzene rings is 1. The van der Waals surface area contributed by atoms with Gasteiger partial charge in [0.15, 0.2) is 5.03 Å². The van der Waals surface area contributed by atoms with Crippen LogP contribution in [0.3, 0.4) is 0 Å². The summed E-state index contributed by atoms with van der Waals surface area (Å²) in [6, 6.07) is 10.0. The molecule has 4 rings (SSSR count). The fraction of sp³-hybridized carbons (Fsp3) is 0.238. The van der Waals surface area contributed by atoms with Crippen LogP contribution in [0.1, 0.15) is 18.4 Å². The minimum Gasteiger partial charge on any atom is -0.371 e. The second kappa shape index (κ2) is 9.24. The van der Waals surface area contributed by atoms with Gasteiger partial charge in [0.2, 0.25) is 9.84 Å². The highest BCUT2D eigenvalue weighted by Gasteiger charge is 2.32. The average molecular weight is 546 g/mol. The number of pyridine rings is 1. The van der Waals surface area contributed by atoms with Crippen molar-refractivity contribution >= 4 is 48.4 Å². The fourth-order valence-corrected chi connectivity index (χ4v) is 7.47. The van der Waals surface area contributed by atoms with Crippen LogP contribution in [0.25, 0.3) is 0 Å². The molecule has 8 nitrogen and oxygen atoms in total. The largest absolute Gasteiger partial charge is 0.417 e. The van der Waals surface area contributed by atoms with Gasteiger partial charge in [0, 0.05) is 43.5 Å². The Hall–Kier alpha value is -2.97. The van der Waals surface area contributed by atoms with E-state index < -0.39 is 36.6 Å². The average Bonchev–Trinajstić information content (AvgIpc) is 3.32. The molecule has 2 aromatic heterocycles. The van der Waals surface area contributed by atoms with Gasteiger partial charge in [-0.3, -0.25) is 9.52 Å². The number of nitrogens with one attached hydrogen (secondary N) is 1. The normalized spacial score (nSPS) is 15.3. The summed E-state index contributed by atoms with van der Waals surface area (Å²) >= 11 is 0.456. The van der Waals surface area contributed by atoms with Crippen molar-refractivity contribution in [3.8, 4) is 0 Å². The molecule has 186 valence electrons. The molecular weight excluding hydrogens is 527 g/mol. The van der Waals surface area contributed by atoms with Gasteiger partial charge in [0.1, 0.15) is 14.2 Å². The van der Waals surface area contributed by atoms with Gasteiger partial charge < -0.3 is 4.90 Å². The maximum absolute atomic E-state index is 12.8. The highest BCUT2D eigenvalue weighted by molar-refractivity contribution is 7.96. The van der Waals surface area contributed by atoms with Gasteiger partial charge in [-0.1, -0.05) is 0 Å². The molecular formula is C21H18F3N3O5S3. The number of thiophene rings is 1. The van der Waals surface area contributed by atoms with Crippen LogP contribution in [0.4, 0.5) is 24.5 Å². The summed E-state index contributed by atoms with van der Waals surface area (Å²) in [4.78, 5) is 16.8. The number of piperidine rings is 1. The van der Waals surface area contributed by atoms with Crippen molar-refractivity contribution in [2.24, 2.45) is 0 Å². The van der Waals surface area contributed by atoms with Gasteiger partial charge in [-0.25, -0.2) is 21.8 Å². The molecule has 1 aliphatic heterocycles. The zero-order valence-electron chi connectivity index (χ0n) is 17.8. The summed E-state index contributed by atoms with van der Waals surface area (Å²) < 4.78 is 90.8. The van der Waals surface area contributed by atoms with E-state index in [2.05, 4.69) is 9.71 Å². The van der Waals surface area contributed by atoms with E-state index in [0.29, 0.717) is 49.5 Å². The van der Waals surface area contributed by atoms with Crippen molar-refractivity contribution in [1.29, 1.82) is 0 Å². The maximum atomic E-state index is 12.8. The van der Waals surface area contributed by atoms with Crippen LogP contribution in [-0.2, 0) is 30.8 Å². The summed E-state index contributed by atoms with van der Waals surface area (Å²) in [5, 5.41) is -0.626. The molecule has 0 saturated carbocycles. The molecule has 35 heavy (non-hydrogen) atoms. The van der Waals surface area contributed by atoms with E-state index >= 15 is 0 Å². The lowest BCUT2D eigenvalue weighted by atomic mass is 10.1. The lowest BCUT2D eigenvalue weighted by molar-refractivity contribution is -0.137. The minimum absolute atomic E-state index is 0.206. The molecule has 0 bridgehead atoms. The molecule has 1 saturated heterocycles. The van der Waals surface area contributed by atoms with Crippen LogP contribution in [0, 0.1) is 0 Å². The number of ketones is 1. The Morgan fingerprint density at radius 2 is 1.51 bits per heavy atom. The van der Waals surface area contributed by atoms with E-state index in [4.69, 9.17) is 0 Å². The number of rotatable bonds is 6. The lowest BCUT2D eigenvalue weighted by Crippen LogP contribution is -2.33. The molecule has 0 radical (unpaired) electrons. The van der Waals surface area contributed by atoms with Crippen molar-refractivity contribution in [2.45, 2.75) is 32.5 Å². The first-order chi connectivity index (χ1) is 16.4. The molecule has 0 unspecified atom stereocenters. The van der Waals surface area contributed by atoms with Gasteiger partial charge in [0.25, 0.3) is 10.0 Å². The predicted molar refractivity (Wildman–Crippen MR) is 123 cm³/mol. The van der Waals surface area contributed by atoms with E-state index in [0.717, 1.165) is 23.9 Å². The summed E-state index contributed by atoms with van der Waals surface area (Å²) in [6.45, 7) is 1.17. The van der Waals surface area contributed by atoms with Crippen LogP contribution < -0.4 is 9.62 Å². The number of carbonyl (C=O) groups excluding carboxylic acids is 1. The molecule has 0 amide bonds. The minimum atomic E-state index is -4.67. The Kier molecular flexibility index (Phi) is 6.64. The second-order valence-electron chi connectivity index (χ2n) is 7.64. The predicted octanol–water partition coefficient (Wildman–Crippen LogP) is 3.96. The lowest BCUT2D eigenvalue weighted by Gasteiger charge is -2.28. The molecule has 3 aromatic rings. The first-order valence-electron chi connectivity index (χ1n) is 10.1. The van der Waals surface area contributed by atoms with Gasteiger partial charge >= 0.3 is 6.18 Å². The number of sulfone groups is 1. The number of halogens is 3. The van der Waals surface area contributed by atoms with Crippen LogP contribution in [0.2, 0.25) is 0 Å². The number of aromatic nitrogens is 1. The Morgan fingerprint density at radius 1 is 0.886 bits per heavy atom. The molecule has 14 heteroatoms. The zero-order chi connectivity index (χ0) is 25.4. The summed E-state index contributed by atoms with van der Waals surface area (Å²) in [5.74, 6) is 0.206. The number of sulfonamides is 1. The zero-order valence-corrected chi connectivity index (χ0v) is 20.3. The van der Waals surface area contributed by atoms with Gasteiger partial charge in [-0.05, 0) is 48.5 Å². The third kappa shape index (κ3) is 5.49. The summed E-state index contributed by atoms with van der Waals surface area (Å²) in [6.07, 6.45) is -3.35. The molecule has 1 aromatic carbocycles. The molecule has 0 atom stereocenters. The second-order valence-corrected chi connectivity index (χ2v) is 12.8. The number of hydrogen-bond donors (Lipinski definition) is 1. The quantitative estimate of drug-likeness (QED) is 0.499. The topological polar surface area (TPSA) is 114 Å². The maximum Gasteiger partial charge on any atom is 0.417 e. The van der Waals surface area contributed by atoms with Crippen molar-refractivity contribution in [3.63, 3.8) is 0 Å². The number of carbonyl (C=O) groups is 1. The molecule has 1 aliphatic rings. The number of anilines is 2. The fourth-order valence-electron chi connectivity index (χ4n) is 3.36. The van der Waals surface area contributed by atoms with Crippen molar-refractivity contribution in [3.05, 3.63) is 60.3 Å². The highest BCUT2D eigenvalue weighted by atomic mass is 32.3. The number of Topliss-reactive ketones (excluding diaryl/α,β-unsaturated/α-hetero) is 1. The van der Waals surface area contributed by atoms with Crippen LogP contribution >= 0.6 is 11.3 Å². The van der Waals surface area contributed by atoms with E-state index in [9.17, 15) is 34.8 Å². The van der Waals surface area contributed by atoms with E-state index in [-0.39, 0.29) is 19.9 Å².